The van der Waals surface area contributed by atoms with Crippen LogP contribution in [-0.4, -0.2) is 13.6 Å². The van der Waals surface area contributed by atoms with Gasteiger partial charge in [0.25, 0.3) is 0 Å². The standard InChI is InChI=1S/C11H17N/c1-9-5-4-6-11(7-9)10(2)8-12-3/h4-7,10,12H,8H2,1-3H3. The van der Waals surface area contributed by atoms with E-state index in [1.54, 1.807) is 0 Å². The third-order valence-electron chi connectivity index (χ3n) is 2.12. The normalized spacial score (nSPS) is 12.9. The molecule has 0 fully saturated rings. The van der Waals surface area contributed by atoms with E-state index in [0.717, 1.165) is 6.54 Å². The molecule has 12 heavy (non-hydrogen) atoms. The molecule has 1 N–H and O–H groups in total. The first-order valence-electron chi connectivity index (χ1n) is 4.45. The summed E-state index contributed by atoms with van der Waals surface area (Å²) < 4.78 is 0. The molecule has 0 aromatic heterocycles. The summed E-state index contributed by atoms with van der Waals surface area (Å²) in [6, 6.07) is 8.70. The third kappa shape index (κ3) is 2.35. The van der Waals surface area contributed by atoms with Crippen LogP contribution in [0.25, 0.3) is 0 Å². The third-order valence-corrected chi connectivity index (χ3v) is 2.12. The van der Waals surface area contributed by atoms with Gasteiger partial charge in [0.1, 0.15) is 0 Å². The first-order valence-corrected chi connectivity index (χ1v) is 4.45. The van der Waals surface area contributed by atoms with Crippen LogP contribution in [0.15, 0.2) is 24.3 Å². The molecule has 0 amide bonds. The molecule has 0 heterocycles. The number of likely N-dealkylation sites (N-methyl/N-ethyl adjacent to an activating group) is 1. The predicted molar refractivity (Wildman–Crippen MR) is 53.5 cm³/mol. The lowest BCUT2D eigenvalue weighted by Crippen LogP contribution is -2.14. The number of nitrogens with one attached hydrogen (secondary N) is 1. The van der Waals surface area contributed by atoms with Crippen LogP contribution in [0.5, 0.6) is 0 Å². The number of hydrogen-bond acceptors (Lipinski definition) is 1. The molecule has 0 saturated heterocycles. The maximum atomic E-state index is 3.19. The van der Waals surface area contributed by atoms with Crippen LogP contribution in [-0.2, 0) is 0 Å². The predicted octanol–water partition coefficient (Wildman–Crippen LogP) is 2.32. The van der Waals surface area contributed by atoms with Crippen LogP contribution in [0.2, 0.25) is 0 Å². The van der Waals surface area contributed by atoms with E-state index < -0.39 is 0 Å². The molecule has 0 aliphatic rings. The minimum Gasteiger partial charge on any atom is -0.319 e. The maximum absolute atomic E-state index is 3.19. The topological polar surface area (TPSA) is 12.0 Å². The molecule has 66 valence electrons. The van der Waals surface area contributed by atoms with Crippen LogP contribution < -0.4 is 5.32 Å². The van der Waals surface area contributed by atoms with Crippen LogP contribution in [0.1, 0.15) is 24.0 Å². The number of hydrogen-bond donors (Lipinski definition) is 1. The van der Waals surface area contributed by atoms with Crippen LogP contribution >= 0.6 is 0 Å². The highest BCUT2D eigenvalue weighted by Gasteiger charge is 2.02. The lowest BCUT2D eigenvalue weighted by atomic mass is 10.00. The second-order valence-electron chi connectivity index (χ2n) is 3.37. The van der Waals surface area contributed by atoms with Gasteiger partial charge in [-0.3, -0.25) is 0 Å². The van der Waals surface area contributed by atoms with Gasteiger partial charge in [0.15, 0.2) is 0 Å². The van der Waals surface area contributed by atoms with E-state index in [4.69, 9.17) is 0 Å². The average molecular weight is 163 g/mol. The number of benzene rings is 1. The van der Waals surface area contributed by atoms with Gasteiger partial charge in [-0.2, -0.15) is 0 Å². The molecular weight excluding hydrogens is 146 g/mol. The summed E-state index contributed by atoms with van der Waals surface area (Å²) in [6.45, 7) is 5.42. The van der Waals surface area contributed by atoms with Crippen molar-refractivity contribution in [2.75, 3.05) is 13.6 Å². The molecule has 0 aliphatic carbocycles. The van der Waals surface area contributed by atoms with Crippen molar-refractivity contribution in [2.45, 2.75) is 19.8 Å². The zero-order chi connectivity index (χ0) is 8.97. The Balaban J connectivity index is 2.73. The zero-order valence-corrected chi connectivity index (χ0v) is 8.09. The minimum absolute atomic E-state index is 0.606. The van der Waals surface area contributed by atoms with Crippen molar-refractivity contribution in [3.8, 4) is 0 Å². The number of aryl methyl sites for hydroxylation is 1. The molecule has 0 aliphatic heterocycles. The van der Waals surface area contributed by atoms with Crippen molar-refractivity contribution in [3.63, 3.8) is 0 Å². The summed E-state index contributed by atoms with van der Waals surface area (Å²) >= 11 is 0. The van der Waals surface area contributed by atoms with E-state index >= 15 is 0 Å². The molecule has 1 rings (SSSR count). The molecule has 0 saturated carbocycles. The minimum atomic E-state index is 0.606. The Morgan fingerprint density at radius 2 is 2.17 bits per heavy atom. The lowest BCUT2D eigenvalue weighted by molar-refractivity contribution is 0.677. The monoisotopic (exact) mass is 163 g/mol. The molecule has 1 atom stereocenters. The summed E-state index contributed by atoms with van der Waals surface area (Å²) in [6.07, 6.45) is 0. The molecule has 1 nitrogen and oxygen atoms in total. The summed E-state index contributed by atoms with van der Waals surface area (Å²) in [5.74, 6) is 0.606. The molecule has 1 unspecified atom stereocenters. The van der Waals surface area contributed by atoms with Gasteiger partial charge in [-0.25, -0.2) is 0 Å². The highest BCUT2D eigenvalue weighted by Crippen LogP contribution is 2.14. The quantitative estimate of drug-likeness (QED) is 0.721. The van der Waals surface area contributed by atoms with E-state index in [9.17, 15) is 0 Å². The van der Waals surface area contributed by atoms with Crippen molar-refractivity contribution in [1.29, 1.82) is 0 Å². The van der Waals surface area contributed by atoms with Gasteiger partial charge >= 0.3 is 0 Å². The van der Waals surface area contributed by atoms with E-state index in [1.165, 1.54) is 11.1 Å². The molecule has 1 aromatic rings. The van der Waals surface area contributed by atoms with Crippen molar-refractivity contribution >= 4 is 0 Å². The highest BCUT2D eigenvalue weighted by atomic mass is 14.8. The molecule has 0 spiro atoms. The summed E-state index contributed by atoms with van der Waals surface area (Å²) in [7, 11) is 1.99. The van der Waals surface area contributed by atoms with Gasteiger partial charge in [-0.15, -0.1) is 0 Å². The lowest BCUT2D eigenvalue weighted by Gasteiger charge is -2.11. The Morgan fingerprint density at radius 3 is 2.75 bits per heavy atom. The molecule has 1 heteroatoms. The van der Waals surface area contributed by atoms with Crippen LogP contribution in [0, 0.1) is 6.92 Å². The Bertz CT molecular complexity index is 243. The van der Waals surface area contributed by atoms with E-state index in [-0.39, 0.29) is 0 Å². The molecule has 0 radical (unpaired) electrons. The Morgan fingerprint density at radius 1 is 1.42 bits per heavy atom. The van der Waals surface area contributed by atoms with Gasteiger partial charge in [0, 0.05) is 6.54 Å². The van der Waals surface area contributed by atoms with Gasteiger partial charge in [-0.1, -0.05) is 36.8 Å². The largest absolute Gasteiger partial charge is 0.319 e. The Hall–Kier alpha value is -0.820. The Labute approximate surface area is 74.8 Å². The fourth-order valence-electron chi connectivity index (χ4n) is 1.40. The van der Waals surface area contributed by atoms with Crippen molar-refractivity contribution < 1.29 is 0 Å². The van der Waals surface area contributed by atoms with Crippen molar-refractivity contribution in [3.05, 3.63) is 35.4 Å². The fraction of sp³-hybridized carbons (Fsp3) is 0.455. The smallest absolute Gasteiger partial charge is 0.00144 e. The molecule has 0 bridgehead atoms. The molecule has 1 aromatic carbocycles. The van der Waals surface area contributed by atoms with Gasteiger partial charge in [0.2, 0.25) is 0 Å². The zero-order valence-electron chi connectivity index (χ0n) is 8.09. The van der Waals surface area contributed by atoms with Gasteiger partial charge in [-0.05, 0) is 25.5 Å². The highest BCUT2D eigenvalue weighted by molar-refractivity contribution is 5.25. The second-order valence-corrected chi connectivity index (χ2v) is 3.37. The summed E-state index contributed by atoms with van der Waals surface area (Å²) in [5, 5.41) is 3.19. The van der Waals surface area contributed by atoms with E-state index in [1.807, 2.05) is 7.05 Å². The first-order chi connectivity index (χ1) is 5.74. The summed E-state index contributed by atoms with van der Waals surface area (Å²) in [5.41, 5.74) is 2.76. The first kappa shape index (κ1) is 9.27. The molecular formula is C11H17N. The van der Waals surface area contributed by atoms with Crippen molar-refractivity contribution in [1.82, 2.24) is 5.32 Å². The van der Waals surface area contributed by atoms with Crippen LogP contribution in [0.4, 0.5) is 0 Å². The second kappa shape index (κ2) is 4.27. The Kier molecular flexibility index (Phi) is 3.30. The van der Waals surface area contributed by atoms with E-state index in [2.05, 4.69) is 43.4 Å². The van der Waals surface area contributed by atoms with E-state index in [0.29, 0.717) is 5.92 Å². The SMILES string of the molecule is CNCC(C)c1cccc(C)c1. The van der Waals surface area contributed by atoms with Crippen molar-refractivity contribution in [2.24, 2.45) is 0 Å². The number of rotatable bonds is 3. The fourth-order valence-corrected chi connectivity index (χ4v) is 1.40. The van der Waals surface area contributed by atoms with Crippen LogP contribution in [0.3, 0.4) is 0 Å². The average Bonchev–Trinajstić information content (AvgIpc) is 2.05. The maximum Gasteiger partial charge on any atom is 0.00144 e. The van der Waals surface area contributed by atoms with Gasteiger partial charge in [0.05, 0.1) is 0 Å². The van der Waals surface area contributed by atoms with Gasteiger partial charge < -0.3 is 5.32 Å². The summed E-state index contributed by atoms with van der Waals surface area (Å²) in [4.78, 5) is 0.